The fourth-order valence-electron chi connectivity index (χ4n) is 3.90. The minimum absolute atomic E-state index is 0.0516. The molecule has 7 nitrogen and oxygen atoms in total. The number of phenols is 2. The zero-order valence-corrected chi connectivity index (χ0v) is 19.3. The van der Waals surface area contributed by atoms with Crippen molar-refractivity contribution in [1.29, 1.82) is 0 Å². The highest BCUT2D eigenvalue weighted by molar-refractivity contribution is 7.99. The number of nitrogens with zero attached hydrogens (tertiary/aromatic N) is 5. The van der Waals surface area contributed by atoms with Crippen LogP contribution in [0.5, 0.6) is 11.5 Å². The summed E-state index contributed by atoms with van der Waals surface area (Å²) in [6.07, 6.45) is 5.53. The highest BCUT2D eigenvalue weighted by Crippen LogP contribution is 2.40. The highest BCUT2D eigenvalue weighted by Gasteiger charge is 2.22. The van der Waals surface area contributed by atoms with Crippen LogP contribution in [0, 0.1) is 0 Å². The van der Waals surface area contributed by atoms with E-state index in [4.69, 9.17) is 0 Å². The van der Waals surface area contributed by atoms with E-state index in [1.165, 1.54) is 17.8 Å². The predicted molar refractivity (Wildman–Crippen MR) is 129 cm³/mol. The minimum Gasteiger partial charge on any atom is -0.508 e. The third kappa shape index (κ3) is 3.82. The lowest BCUT2D eigenvalue weighted by molar-refractivity contribution is 0.444. The van der Waals surface area contributed by atoms with Gasteiger partial charge in [-0.25, -0.2) is 0 Å². The smallest absolute Gasteiger partial charge is 0.200 e. The zero-order chi connectivity index (χ0) is 23.1. The number of hydrogen-bond acceptors (Lipinski definition) is 6. The van der Waals surface area contributed by atoms with Crippen LogP contribution in [-0.2, 0) is 7.05 Å². The lowest BCUT2D eigenvalue weighted by Crippen LogP contribution is -2.01. The fraction of sp³-hybridized carbons (Fsp3) is 0.160. The first kappa shape index (κ1) is 21.1. The van der Waals surface area contributed by atoms with Gasteiger partial charge in [0.25, 0.3) is 0 Å². The van der Waals surface area contributed by atoms with Crippen LogP contribution in [0.3, 0.4) is 0 Å². The third-order valence-corrected chi connectivity index (χ3v) is 6.54. The molecule has 0 unspecified atom stereocenters. The summed E-state index contributed by atoms with van der Waals surface area (Å²) in [5.74, 6) is 0.582. The molecule has 0 atom stereocenters. The molecular formula is C25H23N5O2S. The molecule has 3 aromatic heterocycles. The molecule has 0 saturated carbocycles. The van der Waals surface area contributed by atoms with Crippen LogP contribution in [0.2, 0.25) is 0 Å². The molecule has 2 N–H and O–H groups in total. The molecule has 0 bridgehead atoms. The molecule has 0 saturated heterocycles. The Morgan fingerprint density at radius 3 is 2.58 bits per heavy atom. The van der Waals surface area contributed by atoms with E-state index in [9.17, 15) is 10.2 Å². The summed E-state index contributed by atoms with van der Waals surface area (Å²) in [4.78, 5) is 5.13. The van der Waals surface area contributed by atoms with Gasteiger partial charge in [0.1, 0.15) is 11.5 Å². The van der Waals surface area contributed by atoms with Crippen LogP contribution in [0.1, 0.15) is 25.3 Å². The molecule has 166 valence electrons. The monoisotopic (exact) mass is 457 g/mol. The van der Waals surface area contributed by atoms with Gasteiger partial charge in [-0.15, -0.1) is 10.2 Å². The lowest BCUT2D eigenvalue weighted by Gasteiger charge is -2.15. The Morgan fingerprint density at radius 2 is 1.82 bits per heavy atom. The molecule has 5 rings (SSSR count). The molecule has 2 aromatic carbocycles. The molecule has 0 fully saturated rings. The Balaban J connectivity index is 1.73. The van der Waals surface area contributed by atoms with Gasteiger partial charge in [0.15, 0.2) is 5.82 Å². The number of hydrogen-bond donors (Lipinski definition) is 2. The number of aryl methyl sites for hydroxylation is 1. The highest BCUT2D eigenvalue weighted by atomic mass is 32.2. The summed E-state index contributed by atoms with van der Waals surface area (Å²) >= 11 is 1.45. The normalized spacial score (nSPS) is 11.5. The first-order valence-corrected chi connectivity index (χ1v) is 11.4. The number of phenolic OH excluding ortho intramolecular Hbond substituents is 2. The van der Waals surface area contributed by atoms with Crippen LogP contribution < -0.4 is 0 Å². The number of fused-ring (bicyclic) bond motifs is 1. The summed E-state index contributed by atoms with van der Waals surface area (Å²) in [7, 11) is 2.01. The van der Waals surface area contributed by atoms with Crippen molar-refractivity contribution < 1.29 is 10.2 Å². The van der Waals surface area contributed by atoms with Crippen molar-refractivity contribution in [2.45, 2.75) is 29.8 Å². The molecule has 0 aliphatic heterocycles. The van der Waals surface area contributed by atoms with E-state index in [0.29, 0.717) is 16.5 Å². The van der Waals surface area contributed by atoms with Crippen molar-refractivity contribution >= 4 is 22.7 Å². The Labute approximate surface area is 195 Å². The molecule has 33 heavy (non-hydrogen) atoms. The zero-order valence-electron chi connectivity index (χ0n) is 18.5. The Morgan fingerprint density at radius 1 is 0.970 bits per heavy atom. The van der Waals surface area contributed by atoms with Crippen molar-refractivity contribution in [3.05, 3.63) is 72.7 Å². The van der Waals surface area contributed by atoms with E-state index in [2.05, 4.69) is 37.9 Å². The molecule has 8 heteroatoms. The average molecular weight is 458 g/mol. The number of benzene rings is 2. The molecule has 5 aromatic rings. The van der Waals surface area contributed by atoms with E-state index in [-0.39, 0.29) is 17.4 Å². The first-order valence-electron chi connectivity index (χ1n) is 10.6. The second kappa shape index (κ2) is 8.29. The summed E-state index contributed by atoms with van der Waals surface area (Å²) in [6.45, 7) is 3.99. The predicted octanol–water partition coefficient (Wildman–Crippen LogP) is 5.51. The van der Waals surface area contributed by atoms with Crippen LogP contribution in [0.25, 0.3) is 28.0 Å². The standard InChI is InChI=1S/C25H23N5O2S/c1-15(2)19-12-20(23(32)13-22(19)31)24-27-28-25(33-18-5-4-9-26-14-18)30(24)17-6-7-21-16(11-17)8-10-29(21)3/h4-15,31-32H,1-3H3. The lowest BCUT2D eigenvalue weighted by atomic mass is 9.98. The van der Waals surface area contributed by atoms with Crippen molar-refractivity contribution in [3.8, 4) is 28.6 Å². The van der Waals surface area contributed by atoms with Gasteiger partial charge in [0, 0.05) is 47.5 Å². The summed E-state index contributed by atoms with van der Waals surface area (Å²) in [5, 5.41) is 31.7. The van der Waals surface area contributed by atoms with Crippen LogP contribution in [-0.4, -0.2) is 34.5 Å². The number of pyridine rings is 1. The molecule has 0 radical (unpaired) electrons. The number of aromatic hydroxyl groups is 2. The quantitative estimate of drug-likeness (QED) is 0.362. The van der Waals surface area contributed by atoms with Crippen molar-refractivity contribution in [1.82, 2.24) is 24.3 Å². The Hall–Kier alpha value is -3.78. The third-order valence-electron chi connectivity index (χ3n) is 5.61. The number of aromatic nitrogens is 5. The maximum Gasteiger partial charge on any atom is 0.200 e. The van der Waals surface area contributed by atoms with Gasteiger partial charge in [-0.3, -0.25) is 9.55 Å². The SMILES string of the molecule is CC(C)c1cc(-c2nnc(Sc3cccnc3)n2-c2ccc3c(ccn3C)c2)c(O)cc1O. The molecule has 3 heterocycles. The topological polar surface area (TPSA) is 89.0 Å². The molecule has 0 amide bonds. The maximum atomic E-state index is 10.7. The van der Waals surface area contributed by atoms with Gasteiger partial charge in [0.05, 0.1) is 11.3 Å². The minimum atomic E-state index is -0.0516. The largest absolute Gasteiger partial charge is 0.508 e. The molecule has 0 aliphatic carbocycles. The van der Waals surface area contributed by atoms with Crippen LogP contribution in [0.4, 0.5) is 0 Å². The van der Waals surface area contributed by atoms with Crippen molar-refractivity contribution in [2.24, 2.45) is 7.05 Å². The first-order chi connectivity index (χ1) is 15.9. The fourth-order valence-corrected chi connectivity index (χ4v) is 4.74. The maximum absolute atomic E-state index is 10.7. The van der Waals surface area contributed by atoms with Gasteiger partial charge in [0.2, 0.25) is 5.16 Å². The Kier molecular flexibility index (Phi) is 5.30. The van der Waals surface area contributed by atoms with Gasteiger partial charge < -0.3 is 14.8 Å². The van der Waals surface area contributed by atoms with Gasteiger partial charge >= 0.3 is 0 Å². The summed E-state index contributed by atoms with van der Waals surface area (Å²) < 4.78 is 4.00. The van der Waals surface area contributed by atoms with E-state index < -0.39 is 0 Å². The molecular weight excluding hydrogens is 434 g/mol. The van der Waals surface area contributed by atoms with E-state index in [0.717, 1.165) is 27.0 Å². The Bertz CT molecular complexity index is 1460. The molecule has 0 spiro atoms. The van der Waals surface area contributed by atoms with Gasteiger partial charge in [-0.05, 0) is 65.7 Å². The van der Waals surface area contributed by atoms with Crippen molar-refractivity contribution in [2.75, 3.05) is 0 Å². The van der Waals surface area contributed by atoms with E-state index in [1.54, 1.807) is 18.5 Å². The van der Waals surface area contributed by atoms with Gasteiger partial charge in [-0.2, -0.15) is 0 Å². The van der Waals surface area contributed by atoms with Crippen molar-refractivity contribution in [3.63, 3.8) is 0 Å². The summed E-state index contributed by atoms with van der Waals surface area (Å²) in [5.41, 5.74) is 3.23. The number of rotatable bonds is 5. The van der Waals surface area contributed by atoms with Crippen LogP contribution in [0.15, 0.2) is 77.2 Å². The van der Waals surface area contributed by atoms with E-state index >= 15 is 0 Å². The van der Waals surface area contributed by atoms with E-state index in [1.807, 2.05) is 49.9 Å². The second-order valence-electron chi connectivity index (χ2n) is 8.19. The molecule has 0 aliphatic rings. The average Bonchev–Trinajstić information content (AvgIpc) is 3.37. The van der Waals surface area contributed by atoms with Gasteiger partial charge in [-0.1, -0.05) is 13.8 Å². The second-order valence-corrected chi connectivity index (χ2v) is 9.23. The summed E-state index contributed by atoms with van der Waals surface area (Å²) in [6, 6.07) is 15.2. The van der Waals surface area contributed by atoms with Crippen LogP contribution >= 0.6 is 11.8 Å².